The van der Waals surface area contributed by atoms with E-state index < -0.39 is 0 Å². The summed E-state index contributed by atoms with van der Waals surface area (Å²) in [6.45, 7) is 0.253. The van der Waals surface area contributed by atoms with Crippen LogP contribution in [0.4, 0.5) is 0 Å². The molecule has 5 rings (SSSR count). The Bertz CT molecular complexity index is 1110. The Labute approximate surface area is 158 Å². The quantitative estimate of drug-likeness (QED) is 0.531. The van der Waals surface area contributed by atoms with Gasteiger partial charge in [-0.1, -0.05) is 23.4 Å². The van der Waals surface area contributed by atoms with Crippen LogP contribution >= 0.6 is 23.4 Å². The maximum absolute atomic E-state index is 5.96. The van der Waals surface area contributed by atoms with E-state index in [0.29, 0.717) is 5.02 Å². The Morgan fingerprint density at radius 3 is 2.85 bits per heavy atom. The van der Waals surface area contributed by atoms with Crippen LogP contribution in [-0.2, 0) is 0 Å². The minimum absolute atomic E-state index is 0.253. The number of nitrogens with zero attached hydrogens (tertiary/aromatic N) is 2. The van der Waals surface area contributed by atoms with E-state index in [2.05, 4.69) is 15.0 Å². The molecule has 128 valence electrons. The van der Waals surface area contributed by atoms with Gasteiger partial charge in [0, 0.05) is 28.2 Å². The molecule has 0 unspecified atom stereocenters. The molecule has 4 heterocycles. The van der Waals surface area contributed by atoms with E-state index in [1.165, 1.54) is 0 Å². The number of H-pyrrole nitrogens is 1. The standard InChI is InChI=1S/C19H12ClN3O2S/c20-12-4-6-16(22-9-12)26-18-13-2-1-7-21-19(13)23-17(18)11-3-5-14-15(8-11)25-10-24-14/h1-9H,10H2,(H,21,23). The summed E-state index contributed by atoms with van der Waals surface area (Å²) in [5.74, 6) is 1.51. The monoisotopic (exact) mass is 381 g/mol. The number of aromatic nitrogens is 3. The number of pyridine rings is 2. The van der Waals surface area contributed by atoms with Gasteiger partial charge in [0.1, 0.15) is 10.7 Å². The van der Waals surface area contributed by atoms with Crippen LogP contribution in [-0.4, -0.2) is 21.7 Å². The summed E-state index contributed by atoms with van der Waals surface area (Å²) in [6.07, 6.45) is 3.43. The van der Waals surface area contributed by atoms with Gasteiger partial charge in [-0.2, -0.15) is 0 Å². The van der Waals surface area contributed by atoms with Crippen molar-refractivity contribution in [1.29, 1.82) is 0 Å². The minimum Gasteiger partial charge on any atom is -0.454 e. The summed E-state index contributed by atoms with van der Waals surface area (Å²) in [5.41, 5.74) is 2.80. The maximum atomic E-state index is 5.96. The Hall–Kier alpha value is -2.70. The van der Waals surface area contributed by atoms with E-state index in [0.717, 1.165) is 43.7 Å². The van der Waals surface area contributed by atoms with Gasteiger partial charge in [0.2, 0.25) is 6.79 Å². The lowest BCUT2D eigenvalue weighted by atomic mass is 10.1. The lowest BCUT2D eigenvalue weighted by molar-refractivity contribution is 0.174. The predicted octanol–water partition coefficient (Wildman–Crippen LogP) is 5.16. The highest BCUT2D eigenvalue weighted by Crippen LogP contribution is 2.43. The minimum atomic E-state index is 0.253. The highest BCUT2D eigenvalue weighted by atomic mass is 35.5. The molecule has 1 aliphatic rings. The SMILES string of the molecule is Clc1ccc(Sc2c(-c3ccc4c(c3)OCO4)[nH]c3ncccc23)nc1. The molecule has 1 aromatic carbocycles. The Kier molecular flexibility index (Phi) is 3.72. The molecule has 1 N–H and O–H groups in total. The molecule has 0 saturated carbocycles. The van der Waals surface area contributed by atoms with E-state index in [4.69, 9.17) is 21.1 Å². The van der Waals surface area contributed by atoms with Gasteiger partial charge in [0.15, 0.2) is 11.5 Å². The van der Waals surface area contributed by atoms with Crippen LogP contribution in [0.2, 0.25) is 5.02 Å². The number of halogens is 1. The third kappa shape index (κ3) is 2.67. The lowest BCUT2D eigenvalue weighted by Crippen LogP contribution is -1.92. The molecule has 0 aliphatic carbocycles. The van der Waals surface area contributed by atoms with Crippen molar-refractivity contribution in [2.24, 2.45) is 0 Å². The molecule has 26 heavy (non-hydrogen) atoms. The average Bonchev–Trinajstić information content (AvgIpc) is 3.28. The van der Waals surface area contributed by atoms with Gasteiger partial charge in [-0.25, -0.2) is 9.97 Å². The van der Waals surface area contributed by atoms with Crippen molar-refractivity contribution in [1.82, 2.24) is 15.0 Å². The number of ether oxygens (including phenoxy) is 2. The fraction of sp³-hybridized carbons (Fsp3) is 0.0526. The average molecular weight is 382 g/mol. The van der Waals surface area contributed by atoms with Gasteiger partial charge >= 0.3 is 0 Å². The van der Waals surface area contributed by atoms with E-state index in [-0.39, 0.29) is 6.79 Å². The van der Waals surface area contributed by atoms with Crippen molar-refractivity contribution in [3.8, 4) is 22.8 Å². The number of fused-ring (bicyclic) bond motifs is 2. The van der Waals surface area contributed by atoms with Crippen LogP contribution in [0.25, 0.3) is 22.3 Å². The third-order valence-corrected chi connectivity index (χ3v) is 5.39. The summed E-state index contributed by atoms with van der Waals surface area (Å²) in [4.78, 5) is 13.3. The van der Waals surface area contributed by atoms with Crippen molar-refractivity contribution in [3.63, 3.8) is 0 Å². The second-order valence-electron chi connectivity index (χ2n) is 5.71. The Morgan fingerprint density at radius 2 is 1.96 bits per heavy atom. The fourth-order valence-corrected chi connectivity index (χ4v) is 3.99. The zero-order valence-electron chi connectivity index (χ0n) is 13.4. The number of benzene rings is 1. The van der Waals surface area contributed by atoms with Gasteiger partial charge < -0.3 is 14.5 Å². The van der Waals surface area contributed by atoms with Gasteiger partial charge in [-0.05, 0) is 42.5 Å². The predicted molar refractivity (Wildman–Crippen MR) is 101 cm³/mol. The van der Waals surface area contributed by atoms with Crippen LogP contribution in [0.3, 0.4) is 0 Å². The van der Waals surface area contributed by atoms with Crippen LogP contribution in [0.1, 0.15) is 0 Å². The van der Waals surface area contributed by atoms with E-state index in [1.807, 2.05) is 42.5 Å². The largest absolute Gasteiger partial charge is 0.454 e. The summed E-state index contributed by atoms with van der Waals surface area (Å²) >= 11 is 7.53. The number of hydrogen-bond donors (Lipinski definition) is 1. The van der Waals surface area contributed by atoms with E-state index in [1.54, 1.807) is 24.2 Å². The molecule has 0 amide bonds. The fourth-order valence-electron chi connectivity index (χ4n) is 2.89. The first-order valence-corrected chi connectivity index (χ1v) is 9.13. The van der Waals surface area contributed by atoms with Crippen LogP contribution in [0.5, 0.6) is 11.5 Å². The molecule has 0 fully saturated rings. The summed E-state index contributed by atoms with van der Waals surface area (Å²) in [7, 11) is 0. The molecular weight excluding hydrogens is 370 g/mol. The van der Waals surface area contributed by atoms with Crippen LogP contribution < -0.4 is 9.47 Å². The number of nitrogens with one attached hydrogen (secondary N) is 1. The number of hydrogen-bond acceptors (Lipinski definition) is 5. The molecule has 0 radical (unpaired) electrons. The molecule has 0 saturated heterocycles. The van der Waals surface area contributed by atoms with Gasteiger partial charge in [0.05, 0.1) is 10.7 Å². The van der Waals surface area contributed by atoms with Gasteiger partial charge in [-0.3, -0.25) is 0 Å². The molecule has 0 bridgehead atoms. The highest BCUT2D eigenvalue weighted by Gasteiger charge is 2.19. The van der Waals surface area contributed by atoms with Crippen molar-refractivity contribution in [2.75, 3.05) is 6.79 Å². The topological polar surface area (TPSA) is 60.0 Å². The molecule has 7 heteroatoms. The van der Waals surface area contributed by atoms with Crippen molar-refractivity contribution in [2.45, 2.75) is 9.92 Å². The number of aromatic amines is 1. The molecule has 0 atom stereocenters. The summed E-state index contributed by atoms with van der Waals surface area (Å²) < 4.78 is 10.9. The maximum Gasteiger partial charge on any atom is 0.231 e. The third-order valence-electron chi connectivity index (χ3n) is 4.09. The molecule has 3 aromatic heterocycles. The van der Waals surface area contributed by atoms with Crippen molar-refractivity contribution in [3.05, 3.63) is 59.9 Å². The van der Waals surface area contributed by atoms with Gasteiger partial charge in [0.25, 0.3) is 0 Å². The highest BCUT2D eigenvalue weighted by molar-refractivity contribution is 7.99. The first kappa shape index (κ1) is 15.5. The van der Waals surface area contributed by atoms with Crippen molar-refractivity contribution >= 4 is 34.4 Å². The first-order chi connectivity index (χ1) is 12.8. The second kappa shape index (κ2) is 6.23. The molecule has 1 aliphatic heterocycles. The lowest BCUT2D eigenvalue weighted by Gasteiger charge is -2.06. The second-order valence-corrected chi connectivity index (χ2v) is 7.18. The Morgan fingerprint density at radius 1 is 1.04 bits per heavy atom. The molecule has 0 spiro atoms. The first-order valence-electron chi connectivity index (χ1n) is 7.94. The Balaban J connectivity index is 1.66. The molecule has 4 aromatic rings. The smallest absolute Gasteiger partial charge is 0.231 e. The zero-order chi connectivity index (χ0) is 17.5. The molecule has 5 nitrogen and oxygen atoms in total. The normalized spacial score (nSPS) is 12.7. The zero-order valence-corrected chi connectivity index (χ0v) is 15.0. The van der Waals surface area contributed by atoms with Crippen LogP contribution in [0.15, 0.2) is 64.8 Å². The van der Waals surface area contributed by atoms with Crippen LogP contribution in [0, 0.1) is 0 Å². The van der Waals surface area contributed by atoms with Crippen molar-refractivity contribution < 1.29 is 9.47 Å². The van der Waals surface area contributed by atoms with Gasteiger partial charge in [-0.15, -0.1) is 0 Å². The molecular formula is C19H12ClN3O2S. The number of rotatable bonds is 3. The summed E-state index contributed by atoms with van der Waals surface area (Å²) in [5, 5.41) is 2.52. The summed E-state index contributed by atoms with van der Waals surface area (Å²) in [6, 6.07) is 13.6. The van der Waals surface area contributed by atoms with E-state index in [9.17, 15) is 0 Å². The van der Waals surface area contributed by atoms with E-state index >= 15 is 0 Å².